The molecule has 6 heteroatoms. The van der Waals surface area contributed by atoms with Crippen molar-refractivity contribution in [3.05, 3.63) is 12.2 Å². The molecule has 0 aliphatic rings. The highest BCUT2D eigenvalue weighted by Gasteiger charge is 2.20. The Labute approximate surface area is 507 Å². The third-order valence-corrected chi connectivity index (χ3v) is 17.3. The van der Waals surface area contributed by atoms with Gasteiger partial charge < -0.3 is 14.2 Å². The lowest BCUT2D eigenvalue weighted by Gasteiger charge is -2.18. The molecule has 0 rings (SSSR count). The fourth-order valence-corrected chi connectivity index (χ4v) is 11.7. The Morgan fingerprint density at radius 1 is 0.235 bits per heavy atom. The molecule has 1 atom stereocenters. The predicted molar refractivity (Wildman–Crippen MR) is 353 cm³/mol. The van der Waals surface area contributed by atoms with Crippen molar-refractivity contribution in [1.29, 1.82) is 0 Å². The van der Waals surface area contributed by atoms with Crippen LogP contribution in [0.15, 0.2) is 12.2 Å². The topological polar surface area (TPSA) is 78.9 Å². The van der Waals surface area contributed by atoms with Crippen LogP contribution in [0.1, 0.15) is 432 Å². The molecular weight excluding hydrogens is 997 g/mol. The van der Waals surface area contributed by atoms with Gasteiger partial charge in [0, 0.05) is 19.3 Å². The summed E-state index contributed by atoms with van der Waals surface area (Å²) in [7, 11) is 0. The number of rotatable bonds is 70. The quantitative estimate of drug-likeness (QED) is 0.0261. The molecule has 0 aromatic heterocycles. The summed E-state index contributed by atoms with van der Waals surface area (Å²) in [6, 6.07) is 0. The summed E-state index contributed by atoms with van der Waals surface area (Å²) >= 11 is 0. The Morgan fingerprint density at radius 2 is 0.407 bits per heavy atom. The molecule has 0 aliphatic carbocycles. The molecule has 0 fully saturated rings. The normalized spacial score (nSPS) is 12.0. The van der Waals surface area contributed by atoms with Crippen molar-refractivity contribution in [2.45, 2.75) is 438 Å². The smallest absolute Gasteiger partial charge is 0.306 e. The van der Waals surface area contributed by atoms with Gasteiger partial charge in [-0.2, -0.15) is 0 Å². The summed E-state index contributed by atoms with van der Waals surface area (Å²) in [5.41, 5.74) is 0. The van der Waals surface area contributed by atoms with Crippen LogP contribution in [0.4, 0.5) is 0 Å². The number of carbonyl (C=O) groups excluding carboxylic acids is 3. The van der Waals surface area contributed by atoms with Gasteiger partial charge in [-0.05, 0) is 44.9 Å². The van der Waals surface area contributed by atoms with Crippen molar-refractivity contribution in [2.75, 3.05) is 13.2 Å². The van der Waals surface area contributed by atoms with E-state index in [1.54, 1.807) is 0 Å². The van der Waals surface area contributed by atoms with Crippen molar-refractivity contribution < 1.29 is 28.6 Å². The predicted octanol–water partition coefficient (Wildman–Crippen LogP) is 25.6. The molecule has 480 valence electrons. The largest absolute Gasteiger partial charge is 0.462 e. The molecule has 81 heavy (non-hydrogen) atoms. The van der Waals surface area contributed by atoms with Crippen molar-refractivity contribution in [3.63, 3.8) is 0 Å². The second-order valence-electron chi connectivity index (χ2n) is 25.6. The van der Waals surface area contributed by atoms with Crippen LogP contribution in [0.3, 0.4) is 0 Å². The molecular formula is C75H144O6. The monoisotopic (exact) mass is 1140 g/mol. The van der Waals surface area contributed by atoms with Gasteiger partial charge in [-0.3, -0.25) is 14.4 Å². The first-order valence-electron chi connectivity index (χ1n) is 37.2. The molecule has 0 bridgehead atoms. The first-order chi connectivity index (χ1) is 40.0. The zero-order valence-corrected chi connectivity index (χ0v) is 55.4. The Hall–Kier alpha value is -1.85. The fourth-order valence-electron chi connectivity index (χ4n) is 11.7. The van der Waals surface area contributed by atoms with Gasteiger partial charge in [0.2, 0.25) is 0 Å². The average molecular weight is 1140 g/mol. The molecule has 0 heterocycles. The minimum absolute atomic E-state index is 0.0616. The summed E-state index contributed by atoms with van der Waals surface area (Å²) in [5, 5.41) is 0. The van der Waals surface area contributed by atoms with Gasteiger partial charge >= 0.3 is 17.9 Å². The van der Waals surface area contributed by atoms with Crippen LogP contribution in [0.25, 0.3) is 0 Å². The van der Waals surface area contributed by atoms with E-state index in [1.807, 2.05) is 0 Å². The Morgan fingerprint density at radius 3 is 0.617 bits per heavy atom. The Kier molecular flexibility index (Phi) is 69.0. The molecule has 0 saturated heterocycles. The van der Waals surface area contributed by atoms with Crippen LogP contribution in [0, 0.1) is 0 Å². The summed E-state index contributed by atoms with van der Waals surface area (Å²) in [6.45, 7) is 6.73. The van der Waals surface area contributed by atoms with Gasteiger partial charge in [-0.1, -0.05) is 380 Å². The third-order valence-electron chi connectivity index (χ3n) is 17.3. The van der Waals surface area contributed by atoms with E-state index < -0.39 is 6.10 Å². The van der Waals surface area contributed by atoms with Crippen molar-refractivity contribution >= 4 is 17.9 Å². The number of unbranched alkanes of at least 4 members (excludes halogenated alkanes) is 57. The lowest BCUT2D eigenvalue weighted by Crippen LogP contribution is -2.30. The maximum atomic E-state index is 12.9. The number of carbonyl (C=O) groups is 3. The SMILES string of the molecule is CCCCCCCCCC/C=C\CCCCCCCCCCCCCCCCCCCCCCCC(=O)OCC(COC(=O)CCCCCCCCCCCCCCC)OC(=O)CCCCCCCCCCCCCCCCCCC. The third kappa shape index (κ3) is 68.8. The standard InChI is InChI=1S/C75H144O6/c1-4-7-10-13-16-19-22-25-27-29-30-31-32-33-34-35-36-37-38-39-40-41-42-43-44-46-47-50-53-56-59-62-65-68-74(77)80-71-72(70-79-73(76)67-64-61-58-55-52-49-24-21-18-15-12-9-6-3)81-75(78)69-66-63-60-57-54-51-48-45-28-26-23-20-17-14-11-8-5-2/h29-30,72H,4-28,31-71H2,1-3H3/b30-29-. The maximum Gasteiger partial charge on any atom is 0.306 e. The highest BCUT2D eigenvalue weighted by molar-refractivity contribution is 5.71. The van der Waals surface area contributed by atoms with Gasteiger partial charge in [-0.25, -0.2) is 0 Å². The van der Waals surface area contributed by atoms with Crippen LogP contribution in [0.2, 0.25) is 0 Å². The Bertz CT molecular complexity index is 1260. The van der Waals surface area contributed by atoms with Crippen molar-refractivity contribution in [1.82, 2.24) is 0 Å². The van der Waals surface area contributed by atoms with E-state index in [2.05, 4.69) is 32.9 Å². The van der Waals surface area contributed by atoms with Crippen LogP contribution in [-0.4, -0.2) is 37.2 Å². The highest BCUT2D eigenvalue weighted by Crippen LogP contribution is 2.19. The first-order valence-corrected chi connectivity index (χ1v) is 37.2. The van der Waals surface area contributed by atoms with E-state index in [4.69, 9.17) is 14.2 Å². The number of esters is 3. The van der Waals surface area contributed by atoms with E-state index in [0.29, 0.717) is 19.3 Å². The zero-order chi connectivity index (χ0) is 58.5. The van der Waals surface area contributed by atoms with E-state index in [0.717, 1.165) is 57.8 Å². The van der Waals surface area contributed by atoms with Gasteiger partial charge in [0.05, 0.1) is 0 Å². The van der Waals surface area contributed by atoms with Crippen LogP contribution >= 0.6 is 0 Å². The number of hydrogen-bond acceptors (Lipinski definition) is 6. The lowest BCUT2D eigenvalue weighted by molar-refractivity contribution is -0.167. The Balaban J connectivity index is 4.07. The van der Waals surface area contributed by atoms with Gasteiger partial charge in [-0.15, -0.1) is 0 Å². The molecule has 0 aliphatic heterocycles. The number of hydrogen-bond donors (Lipinski definition) is 0. The van der Waals surface area contributed by atoms with Crippen molar-refractivity contribution in [2.24, 2.45) is 0 Å². The molecule has 0 aromatic rings. The van der Waals surface area contributed by atoms with E-state index in [9.17, 15) is 14.4 Å². The number of allylic oxidation sites excluding steroid dienone is 2. The molecule has 0 amide bonds. The van der Waals surface area contributed by atoms with E-state index >= 15 is 0 Å². The summed E-state index contributed by atoms with van der Waals surface area (Å²) in [6.07, 6.45) is 85.5. The first kappa shape index (κ1) is 79.2. The summed E-state index contributed by atoms with van der Waals surface area (Å²) < 4.78 is 17.0. The zero-order valence-electron chi connectivity index (χ0n) is 55.4. The van der Waals surface area contributed by atoms with E-state index in [-0.39, 0.29) is 31.1 Å². The lowest BCUT2D eigenvalue weighted by atomic mass is 10.0. The van der Waals surface area contributed by atoms with Crippen LogP contribution < -0.4 is 0 Å². The van der Waals surface area contributed by atoms with Crippen LogP contribution in [0.5, 0.6) is 0 Å². The van der Waals surface area contributed by atoms with Crippen molar-refractivity contribution in [3.8, 4) is 0 Å². The minimum atomic E-state index is -0.764. The molecule has 0 saturated carbocycles. The van der Waals surface area contributed by atoms with Gasteiger partial charge in [0.1, 0.15) is 13.2 Å². The average Bonchev–Trinajstić information content (AvgIpc) is 3.46. The second kappa shape index (κ2) is 70.6. The molecule has 0 N–H and O–H groups in total. The fraction of sp³-hybridized carbons (Fsp3) is 0.933. The number of ether oxygens (including phenoxy) is 3. The second-order valence-corrected chi connectivity index (χ2v) is 25.6. The van der Waals surface area contributed by atoms with E-state index in [1.165, 1.54) is 334 Å². The summed E-state index contributed by atoms with van der Waals surface area (Å²) in [4.78, 5) is 38.4. The highest BCUT2D eigenvalue weighted by atomic mass is 16.6. The minimum Gasteiger partial charge on any atom is -0.462 e. The molecule has 0 aromatic carbocycles. The molecule has 0 spiro atoms. The van der Waals surface area contributed by atoms with Crippen LogP contribution in [-0.2, 0) is 28.6 Å². The maximum absolute atomic E-state index is 12.9. The van der Waals surface area contributed by atoms with Gasteiger partial charge in [0.15, 0.2) is 6.10 Å². The molecule has 0 radical (unpaired) electrons. The molecule has 1 unspecified atom stereocenters. The molecule has 6 nitrogen and oxygen atoms in total. The summed E-state index contributed by atoms with van der Waals surface area (Å²) in [5.74, 6) is -0.824. The van der Waals surface area contributed by atoms with Gasteiger partial charge in [0.25, 0.3) is 0 Å².